The molecule has 108 valence electrons. The second kappa shape index (κ2) is 5.63. The van der Waals surface area contributed by atoms with E-state index in [-0.39, 0.29) is 0 Å². The molecule has 6 heteroatoms. The number of thiophene rings is 1. The summed E-state index contributed by atoms with van der Waals surface area (Å²) in [5.41, 5.74) is 2.69. The Morgan fingerprint density at radius 2 is 2.25 bits per heavy atom. The van der Waals surface area contributed by atoms with Gasteiger partial charge < -0.3 is 5.43 Å². The Balaban J connectivity index is 1.84. The quantitative estimate of drug-likeness (QED) is 0.632. The number of fused-ring (bicyclic) bond motifs is 1. The van der Waals surface area contributed by atoms with Gasteiger partial charge in [-0.05, 0) is 44.1 Å². The molecule has 1 fully saturated rings. The number of nitrogens with zero attached hydrogens (tertiary/aromatic N) is 3. The Morgan fingerprint density at radius 1 is 1.45 bits per heavy atom. The van der Waals surface area contributed by atoms with Crippen LogP contribution in [0.4, 0.5) is 5.82 Å². The summed E-state index contributed by atoms with van der Waals surface area (Å²) in [6.07, 6.45) is 2.73. The van der Waals surface area contributed by atoms with Gasteiger partial charge in [-0.1, -0.05) is 0 Å². The van der Waals surface area contributed by atoms with Gasteiger partial charge in [0.25, 0.3) is 0 Å². The Hall–Kier alpha value is -1.24. The van der Waals surface area contributed by atoms with E-state index in [9.17, 15) is 0 Å². The third kappa shape index (κ3) is 2.92. The molecule has 2 aromatic rings. The maximum atomic E-state index is 5.58. The minimum absolute atomic E-state index is 0.507. The van der Waals surface area contributed by atoms with Gasteiger partial charge in [0.2, 0.25) is 0 Å². The van der Waals surface area contributed by atoms with Gasteiger partial charge in [-0.2, -0.15) is 0 Å². The minimum Gasteiger partial charge on any atom is -0.308 e. The van der Waals surface area contributed by atoms with Crippen molar-refractivity contribution in [2.75, 3.05) is 12.0 Å². The topological polar surface area (TPSA) is 67.1 Å². The summed E-state index contributed by atoms with van der Waals surface area (Å²) in [6.45, 7) is 6.40. The van der Waals surface area contributed by atoms with Crippen molar-refractivity contribution >= 4 is 27.4 Å². The molecule has 20 heavy (non-hydrogen) atoms. The average Bonchev–Trinajstić information content (AvgIpc) is 3.12. The number of aromatic nitrogens is 2. The zero-order chi connectivity index (χ0) is 14.1. The van der Waals surface area contributed by atoms with Gasteiger partial charge in [0.05, 0.1) is 11.9 Å². The van der Waals surface area contributed by atoms with Gasteiger partial charge in [0.1, 0.15) is 10.7 Å². The Bertz CT molecular complexity index is 590. The molecule has 0 unspecified atom stereocenters. The molecule has 0 radical (unpaired) electrons. The van der Waals surface area contributed by atoms with Crippen molar-refractivity contribution in [3.8, 4) is 0 Å². The van der Waals surface area contributed by atoms with Crippen LogP contribution in [0.5, 0.6) is 0 Å². The van der Waals surface area contributed by atoms with Crippen LogP contribution in [0.15, 0.2) is 11.4 Å². The van der Waals surface area contributed by atoms with Gasteiger partial charge in [-0.3, -0.25) is 4.90 Å². The fraction of sp³-hybridized carbons (Fsp3) is 0.571. The van der Waals surface area contributed by atoms with Crippen molar-refractivity contribution in [3.05, 3.63) is 17.3 Å². The zero-order valence-corrected chi connectivity index (χ0v) is 12.8. The second-order valence-electron chi connectivity index (χ2n) is 5.74. The molecule has 0 aromatic carbocycles. The van der Waals surface area contributed by atoms with Crippen molar-refractivity contribution in [3.63, 3.8) is 0 Å². The van der Waals surface area contributed by atoms with E-state index in [1.54, 1.807) is 11.3 Å². The smallest absolute Gasteiger partial charge is 0.152 e. The first-order valence-corrected chi connectivity index (χ1v) is 8.00. The van der Waals surface area contributed by atoms with Crippen LogP contribution >= 0.6 is 11.3 Å². The van der Waals surface area contributed by atoms with Crippen LogP contribution in [-0.4, -0.2) is 27.5 Å². The summed E-state index contributed by atoms with van der Waals surface area (Å²) in [4.78, 5) is 12.7. The minimum atomic E-state index is 0.507. The number of nitrogens with one attached hydrogen (secondary N) is 1. The van der Waals surface area contributed by atoms with E-state index in [0.717, 1.165) is 40.9 Å². The molecule has 3 N–H and O–H groups in total. The highest BCUT2D eigenvalue weighted by Gasteiger charge is 2.26. The van der Waals surface area contributed by atoms with E-state index >= 15 is 0 Å². The highest BCUT2D eigenvalue weighted by Crippen LogP contribution is 2.31. The average molecular weight is 291 g/mol. The third-order valence-corrected chi connectivity index (χ3v) is 4.58. The standard InChI is InChI=1S/C14H21N5S/c1-9(2)19(7-10-3-4-10)8-12-16-13(18-15)11-5-6-20-14(11)17-12/h5-6,9-10H,3-4,7-8,15H2,1-2H3,(H,16,17,18). The van der Waals surface area contributed by atoms with E-state index in [1.165, 1.54) is 12.8 Å². The van der Waals surface area contributed by atoms with Crippen LogP contribution < -0.4 is 11.3 Å². The largest absolute Gasteiger partial charge is 0.308 e. The first kappa shape index (κ1) is 13.7. The molecular weight excluding hydrogens is 270 g/mol. The van der Waals surface area contributed by atoms with Crippen LogP contribution in [-0.2, 0) is 6.54 Å². The number of nitrogens with two attached hydrogens (primary N) is 1. The summed E-state index contributed by atoms with van der Waals surface area (Å²) in [5.74, 6) is 8.02. The van der Waals surface area contributed by atoms with Gasteiger partial charge in [0, 0.05) is 12.6 Å². The van der Waals surface area contributed by atoms with Crippen LogP contribution in [0.3, 0.4) is 0 Å². The summed E-state index contributed by atoms with van der Waals surface area (Å²) in [5, 5.41) is 3.02. The zero-order valence-electron chi connectivity index (χ0n) is 12.0. The van der Waals surface area contributed by atoms with Crippen molar-refractivity contribution in [1.29, 1.82) is 0 Å². The van der Waals surface area contributed by atoms with Gasteiger partial charge in [-0.25, -0.2) is 15.8 Å². The normalized spacial score (nSPS) is 15.4. The van der Waals surface area contributed by atoms with E-state index in [4.69, 9.17) is 5.84 Å². The Kier molecular flexibility index (Phi) is 3.87. The van der Waals surface area contributed by atoms with E-state index in [1.807, 2.05) is 11.4 Å². The number of rotatable bonds is 6. The van der Waals surface area contributed by atoms with E-state index < -0.39 is 0 Å². The summed E-state index contributed by atoms with van der Waals surface area (Å²) in [7, 11) is 0. The number of hydrogen-bond acceptors (Lipinski definition) is 6. The molecule has 0 atom stereocenters. The number of nitrogen functional groups attached to an aromatic ring is 1. The van der Waals surface area contributed by atoms with Gasteiger partial charge in [-0.15, -0.1) is 11.3 Å². The molecule has 5 nitrogen and oxygen atoms in total. The van der Waals surface area contributed by atoms with E-state index in [0.29, 0.717) is 6.04 Å². The fourth-order valence-corrected chi connectivity index (χ4v) is 3.13. The molecule has 0 bridgehead atoms. The lowest BCUT2D eigenvalue weighted by atomic mass is 10.2. The van der Waals surface area contributed by atoms with Crippen molar-refractivity contribution in [2.45, 2.75) is 39.3 Å². The molecular formula is C14H21N5S. The van der Waals surface area contributed by atoms with Crippen LogP contribution in [0.1, 0.15) is 32.5 Å². The molecule has 0 aliphatic heterocycles. The van der Waals surface area contributed by atoms with Gasteiger partial charge in [0.15, 0.2) is 5.82 Å². The molecule has 0 saturated heterocycles. The lowest BCUT2D eigenvalue weighted by Crippen LogP contribution is -2.33. The Labute approximate surface area is 123 Å². The second-order valence-corrected chi connectivity index (χ2v) is 6.63. The summed E-state index contributed by atoms with van der Waals surface area (Å²) in [6, 6.07) is 2.51. The predicted molar refractivity (Wildman–Crippen MR) is 83.5 cm³/mol. The van der Waals surface area contributed by atoms with Gasteiger partial charge >= 0.3 is 0 Å². The van der Waals surface area contributed by atoms with Crippen LogP contribution in [0.25, 0.3) is 10.2 Å². The fourth-order valence-electron chi connectivity index (χ4n) is 2.35. The molecule has 1 aliphatic carbocycles. The SMILES string of the molecule is CC(C)N(Cc1nc(NN)c2ccsc2n1)CC1CC1. The number of anilines is 1. The molecule has 2 heterocycles. The molecule has 3 rings (SSSR count). The lowest BCUT2D eigenvalue weighted by Gasteiger charge is -2.25. The van der Waals surface area contributed by atoms with Crippen molar-refractivity contribution in [2.24, 2.45) is 11.8 Å². The number of hydrazine groups is 1. The summed E-state index contributed by atoms with van der Waals surface area (Å²) < 4.78 is 0. The van der Waals surface area contributed by atoms with E-state index in [2.05, 4.69) is 34.1 Å². The Morgan fingerprint density at radius 3 is 2.90 bits per heavy atom. The monoisotopic (exact) mass is 291 g/mol. The molecule has 0 spiro atoms. The van der Waals surface area contributed by atoms with Crippen LogP contribution in [0, 0.1) is 5.92 Å². The maximum Gasteiger partial charge on any atom is 0.152 e. The summed E-state index contributed by atoms with van der Waals surface area (Å²) >= 11 is 1.63. The van der Waals surface area contributed by atoms with Crippen molar-refractivity contribution in [1.82, 2.24) is 14.9 Å². The van der Waals surface area contributed by atoms with Crippen molar-refractivity contribution < 1.29 is 0 Å². The molecule has 1 aliphatic rings. The van der Waals surface area contributed by atoms with Crippen LogP contribution in [0.2, 0.25) is 0 Å². The predicted octanol–water partition coefficient (Wildman–Crippen LogP) is 2.60. The lowest BCUT2D eigenvalue weighted by molar-refractivity contribution is 0.199. The molecule has 1 saturated carbocycles. The maximum absolute atomic E-state index is 5.58. The number of hydrogen-bond donors (Lipinski definition) is 2. The highest BCUT2D eigenvalue weighted by atomic mass is 32.1. The third-order valence-electron chi connectivity index (χ3n) is 3.77. The first-order valence-electron chi connectivity index (χ1n) is 7.12. The molecule has 0 amide bonds. The molecule has 2 aromatic heterocycles. The first-order chi connectivity index (χ1) is 9.67. The highest BCUT2D eigenvalue weighted by molar-refractivity contribution is 7.16.